The monoisotopic (exact) mass is 304 g/mol. The second-order valence-electron chi connectivity index (χ2n) is 3.82. The molecule has 1 atom stereocenters. The summed E-state index contributed by atoms with van der Waals surface area (Å²) in [7, 11) is 0. The number of carbonyl (C=O) groups excluding carboxylic acids is 1. The smallest absolute Gasteiger partial charge is 0.321 e. The van der Waals surface area contributed by atoms with Gasteiger partial charge in [0.1, 0.15) is 6.04 Å². The van der Waals surface area contributed by atoms with Crippen molar-refractivity contribution < 1.29 is 14.7 Å². The van der Waals surface area contributed by atoms with Gasteiger partial charge in [0.2, 0.25) is 5.91 Å². The van der Waals surface area contributed by atoms with Crippen molar-refractivity contribution in [1.82, 2.24) is 5.32 Å². The lowest BCUT2D eigenvalue weighted by Gasteiger charge is -2.13. The summed E-state index contributed by atoms with van der Waals surface area (Å²) in [6, 6.07) is 3.72. The number of hydrogen-bond acceptors (Lipinski definition) is 3. The molecule has 0 bridgehead atoms. The quantitative estimate of drug-likeness (QED) is 0.754. The zero-order valence-corrected chi connectivity index (χ0v) is 11.8. The van der Waals surface area contributed by atoms with Crippen LogP contribution < -0.4 is 10.6 Å². The minimum absolute atomic E-state index is 0.178. The van der Waals surface area contributed by atoms with E-state index in [1.165, 1.54) is 6.07 Å². The zero-order valence-electron chi connectivity index (χ0n) is 10.2. The predicted molar refractivity (Wildman–Crippen MR) is 74.8 cm³/mol. The van der Waals surface area contributed by atoms with E-state index in [9.17, 15) is 9.59 Å². The highest BCUT2D eigenvalue weighted by Crippen LogP contribution is 2.25. The SMILES string of the molecule is CCNC(CC(=O)Nc1ccc(Cl)cc1Cl)C(=O)O. The van der Waals surface area contributed by atoms with Gasteiger partial charge >= 0.3 is 5.97 Å². The number of likely N-dealkylation sites (N-methyl/N-ethyl adjacent to an activating group) is 1. The molecule has 0 saturated heterocycles. The van der Waals surface area contributed by atoms with Crippen LogP contribution in [0.3, 0.4) is 0 Å². The molecule has 0 heterocycles. The minimum atomic E-state index is -1.07. The lowest BCUT2D eigenvalue weighted by molar-refractivity contribution is -0.141. The molecule has 7 heteroatoms. The molecule has 0 fully saturated rings. The van der Waals surface area contributed by atoms with E-state index in [4.69, 9.17) is 28.3 Å². The normalized spacial score (nSPS) is 11.9. The van der Waals surface area contributed by atoms with Crippen LogP contribution in [0.25, 0.3) is 0 Å². The van der Waals surface area contributed by atoms with E-state index in [0.717, 1.165) is 0 Å². The van der Waals surface area contributed by atoms with E-state index in [-0.39, 0.29) is 6.42 Å². The molecule has 0 spiro atoms. The van der Waals surface area contributed by atoms with Crippen molar-refractivity contribution >= 4 is 40.8 Å². The lowest BCUT2D eigenvalue weighted by Crippen LogP contribution is -2.39. The molecular weight excluding hydrogens is 291 g/mol. The molecule has 1 unspecified atom stereocenters. The fourth-order valence-electron chi connectivity index (χ4n) is 1.47. The number of rotatable bonds is 6. The van der Waals surface area contributed by atoms with E-state index in [1.54, 1.807) is 19.1 Å². The molecular formula is C12H14Cl2N2O3. The molecule has 0 saturated carbocycles. The standard InChI is InChI=1S/C12H14Cl2N2O3/c1-2-15-10(12(18)19)6-11(17)16-9-4-3-7(13)5-8(9)14/h3-5,10,15H,2,6H2,1H3,(H,16,17)(H,18,19). The van der Waals surface area contributed by atoms with Crippen LogP contribution in [0, 0.1) is 0 Å². The number of benzene rings is 1. The van der Waals surface area contributed by atoms with E-state index < -0.39 is 17.9 Å². The molecule has 0 radical (unpaired) electrons. The number of carboxylic acid groups (broad SMARTS) is 1. The number of hydrogen-bond donors (Lipinski definition) is 3. The van der Waals surface area contributed by atoms with Gasteiger partial charge in [0, 0.05) is 5.02 Å². The molecule has 1 amide bonds. The Kier molecular flexibility index (Phi) is 6.08. The average molecular weight is 305 g/mol. The maximum atomic E-state index is 11.7. The van der Waals surface area contributed by atoms with Crippen LogP contribution in [0.15, 0.2) is 18.2 Å². The van der Waals surface area contributed by atoms with E-state index in [1.807, 2.05) is 0 Å². The molecule has 0 aliphatic rings. The van der Waals surface area contributed by atoms with Gasteiger partial charge in [-0.1, -0.05) is 30.1 Å². The third-order valence-electron chi connectivity index (χ3n) is 2.34. The van der Waals surface area contributed by atoms with Crippen LogP contribution in [0.5, 0.6) is 0 Å². The van der Waals surface area contributed by atoms with Crippen LogP contribution >= 0.6 is 23.2 Å². The predicted octanol–water partition coefficient (Wildman–Crippen LogP) is 2.38. The number of amides is 1. The van der Waals surface area contributed by atoms with Gasteiger partial charge in [-0.3, -0.25) is 9.59 Å². The van der Waals surface area contributed by atoms with Crippen molar-refractivity contribution in [3.63, 3.8) is 0 Å². The van der Waals surface area contributed by atoms with Gasteiger partial charge in [0.05, 0.1) is 17.1 Å². The molecule has 104 valence electrons. The summed E-state index contributed by atoms with van der Waals surface area (Å²) in [6.07, 6.45) is -0.178. The second-order valence-corrected chi connectivity index (χ2v) is 4.67. The van der Waals surface area contributed by atoms with Gasteiger partial charge in [-0.15, -0.1) is 0 Å². The van der Waals surface area contributed by atoms with Gasteiger partial charge in [0.25, 0.3) is 0 Å². The van der Waals surface area contributed by atoms with Crippen molar-refractivity contribution in [2.24, 2.45) is 0 Å². The Morgan fingerprint density at radius 1 is 1.37 bits per heavy atom. The van der Waals surface area contributed by atoms with Crippen molar-refractivity contribution in [2.75, 3.05) is 11.9 Å². The van der Waals surface area contributed by atoms with Crippen molar-refractivity contribution in [3.8, 4) is 0 Å². The van der Waals surface area contributed by atoms with Gasteiger partial charge in [0.15, 0.2) is 0 Å². The molecule has 0 aliphatic carbocycles. The molecule has 3 N–H and O–H groups in total. The highest BCUT2D eigenvalue weighted by Gasteiger charge is 2.20. The van der Waals surface area contributed by atoms with Gasteiger partial charge < -0.3 is 15.7 Å². The summed E-state index contributed by atoms with van der Waals surface area (Å²) < 4.78 is 0. The largest absolute Gasteiger partial charge is 0.480 e. The zero-order chi connectivity index (χ0) is 14.4. The third kappa shape index (κ3) is 5.06. The fourth-order valence-corrected chi connectivity index (χ4v) is 1.93. The van der Waals surface area contributed by atoms with Crippen LogP contribution in [-0.4, -0.2) is 29.6 Å². The van der Waals surface area contributed by atoms with E-state index >= 15 is 0 Å². The Labute approximate surface area is 120 Å². The average Bonchev–Trinajstić information content (AvgIpc) is 2.32. The summed E-state index contributed by atoms with van der Waals surface area (Å²) >= 11 is 11.6. The maximum absolute atomic E-state index is 11.7. The molecule has 5 nitrogen and oxygen atoms in total. The maximum Gasteiger partial charge on any atom is 0.321 e. The topological polar surface area (TPSA) is 78.4 Å². The second kappa shape index (κ2) is 7.33. The Morgan fingerprint density at radius 3 is 2.58 bits per heavy atom. The minimum Gasteiger partial charge on any atom is -0.480 e. The van der Waals surface area contributed by atoms with Gasteiger partial charge in [-0.05, 0) is 24.7 Å². The molecule has 0 aromatic heterocycles. The first-order chi connectivity index (χ1) is 8.93. The van der Waals surface area contributed by atoms with E-state index in [2.05, 4.69) is 10.6 Å². The van der Waals surface area contributed by atoms with E-state index in [0.29, 0.717) is 22.3 Å². The summed E-state index contributed by atoms with van der Waals surface area (Å²) in [4.78, 5) is 22.6. The number of anilines is 1. The van der Waals surface area contributed by atoms with Gasteiger partial charge in [-0.25, -0.2) is 0 Å². The van der Waals surface area contributed by atoms with Crippen LogP contribution in [0.1, 0.15) is 13.3 Å². The lowest BCUT2D eigenvalue weighted by atomic mass is 10.2. The van der Waals surface area contributed by atoms with Gasteiger partial charge in [-0.2, -0.15) is 0 Å². The summed E-state index contributed by atoms with van der Waals surface area (Å²) in [5.74, 6) is -1.50. The van der Waals surface area contributed by atoms with Crippen molar-refractivity contribution in [3.05, 3.63) is 28.2 Å². The molecule has 0 aliphatic heterocycles. The van der Waals surface area contributed by atoms with Crippen molar-refractivity contribution in [2.45, 2.75) is 19.4 Å². The third-order valence-corrected chi connectivity index (χ3v) is 2.89. The first kappa shape index (κ1) is 15.8. The first-order valence-electron chi connectivity index (χ1n) is 5.65. The summed E-state index contributed by atoms with van der Waals surface area (Å²) in [5.41, 5.74) is 0.400. The summed E-state index contributed by atoms with van der Waals surface area (Å²) in [5, 5.41) is 14.9. The summed E-state index contributed by atoms with van der Waals surface area (Å²) in [6.45, 7) is 2.23. The number of aliphatic carboxylic acids is 1. The highest BCUT2D eigenvalue weighted by atomic mass is 35.5. The molecule has 19 heavy (non-hydrogen) atoms. The van der Waals surface area contributed by atoms with Crippen LogP contribution in [-0.2, 0) is 9.59 Å². The number of halogens is 2. The first-order valence-corrected chi connectivity index (χ1v) is 6.40. The van der Waals surface area contributed by atoms with Crippen LogP contribution in [0.4, 0.5) is 5.69 Å². The molecule has 1 aromatic carbocycles. The molecule has 1 rings (SSSR count). The number of carboxylic acids is 1. The Balaban J connectivity index is 2.66. The fraction of sp³-hybridized carbons (Fsp3) is 0.333. The number of nitrogens with one attached hydrogen (secondary N) is 2. The number of carbonyl (C=O) groups is 2. The van der Waals surface area contributed by atoms with Crippen LogP contribution in [0.2, 0.25) is 10.0 Å². The Bertz CT molecular complexity index is 480. The Morgan fingerprint density at radius 2 is 2.05 bits per heavy atom. The highest BCUT2D eigenvalue weighted by molar-refractivity contribution is 6.36. The Hall–Kier alpha value is -1.30. The van der Waals surface area contributed by atoms with Crippen molar-refractivity contribution in [1.29, 1.82) is 0 Å². The molecule has 1 aromatic rings.